The second kappa shape index (κ2) is 16.0. The van der Waals surface area contributed by atoms with Gasteiger partial charge in [-0.25, -0.2) is 4.79 Å². The highest BCUT2D eigenvalue weighted by atomic mass is 16.4. The Morgan fingerprint density at radius 2 is 1.12 bits per heavy atom. The normalized spacial score (nSPS) is 14.5. The zero-order valence-corrected chi connectivity index (χ0v) is 23.4. The van der Waals surface area contributed by atoms with Gasteiger partial charge in [0.25, 0.3) is 0 Å². The van der Waals surface area contributed by atoms with Crippen molar-refractivity contribution < 1.29 is 44.4 Å². The molecule has 2 rings (SSSR count). The third kappa shape index (κ3) is 10.7. The third-order valence-corrected chi connectivity index (χ3v) is 6.84. The Morgan fingerprint density at radius 3 is 1.50 bits per heavy atom. The summed E-state index contributed by atoms with van der Waals surface area (Å²) in [5.74, 6) is -5.13. The highest BCUT2D eigenvalue weighted by Crippen LogP contribution is 2.15. The fourth-order valence-corrected chi connectivity index (χ4v) is 4.00. The number of carboxylic acid groups (broad SMARTS) is 2. The highest BCUT2D eigenvalue weighted by Gasteiger charge is 2.31. The molecule has 9 N–H and O–H groups in total. The van der Waals surface area contributed by atoms with Crippen molar-refractivity contribution in [3.8, 4) is 11.5 Å². The molecule has 0 aliphatic heterocycles. The summed E-state index contributed by atoms with van der Waals surface area (Å²) in [6.45, 7) is 3.66. The Hall–Kier alpha value is -4.65. The number of phenols is 2. The van der Waals surface area contributed by atoms with Crippen LogP contribution in [0.25, 0.3) is 0 Å². The molecule has 13 nitrogen and oxygen atoms in total. The van der Waals surface area contributed by atoms with Crippen molar-refractivity contribution in [1.29, 1.82) is 0 Å². The molecule has 5 atom stereocenters. The average Bonchev–Trinajstić information content (AvgIpc) is 2.95. The van der Waals surface area contributed by atoms with E-state index < -0.39 is 60.2 Å². The number of aliphatic carboxylic acids is 2. The molecule has 0 aliphatic rings. The standard InChI is InChI=1S/C29H38N4O9/c1-3-16(2)25(30)28(40)33-23(15-18-6-10-20(35)11-7-18)27(39)32-22(14-17-4-8-19(34)9-5-17)26(38)31-21(29(41)42)12-13-24(36)37/h4-11,16,21-23,25,34-35H,3,12-15,30H2,1-2H3,(H,31,38)(H,32,39)(H,33,40)(H,36,37)(H,41,42). The molecule has 0 heterocycles. The molecule has 0 spiro atoms. The molecule has 0 aromatic heterocycles. The minimum Gasteiger partial charge on any atom is -0.508 e. The second-order valence-electron chi connectivity index (χ2n) is 10.1. The maximum absolute atomic E-state index is 13.6. The van der Waals surface area contributed by atoms with Crippen molar-refractivity contribution in [1.82, 2.24) is 16.0 Å². The number of phenolic OH excluding ortho intramolecular Hbond substituents is 2. The summed E-state index contributed by atoms with van der Waals surface area (Å²) in [7, 11) is 0. The summed E-state index contributed by atoms with van der Waals surface area (Å²) in [4.78, 5) is 62.4. The van der Waals surface area contributed by atoms with E-state index in [4.69, 9.17) is 10.8 Å². The number of benzene rings is 2. The minimum atomic E-state index is -1.53. The number of hydrogen-bond donors (Lipinski definition) is 8. The quantitative estimate of drug-likeness (QED) is 0.137. The van der Waals surface area contributed by atoms with E-state index in [1.54, 1.807) is 19.1 Å². The molecule has 2 aromatic carbocycles. The molecule has 0 bridgehead atoms. The average molecular weight is 587 g/mol. The fraction of sp³-hybridized carbons (Fsp3) is 0.414. The van der Waals surface area contributed by atoms with E-state index in [1.807, 2.05) is 6.92 Å². The van der Waals surface area contributed by atoms with Crippen LogP contribution < -0.4 is 21.7 Å². The number of rotatable bonds is 16. The van der Waals surface area contributed by atoms with E-state index in [-0.39, 0.29) is 36.7 Å². The molecule has 0 saturated carbocycles. The Morgan fingerprint density at radius 1 is 0.714 bits per heavy atom. The van der Waals surface area contributed by atoms with Crippen LogP contribution in [0.2, 0.25) is 0 Å². The van der Waals surface area contributed by atoms with Gasteiger partial charge in [0.1, 0.15) is 29.6 Å². The number of carboxylic acids is 2. The molecule has 5 unspecified atom stereocenters. The van der Waals surface area contributed by atoms with Crippen LogP contribution in [0.3, 0.4) is 0 Å². The first kappa shape index (κ1) is 33.6. The van der Waals surface area contributed by atoms with Gasteiger partial charge >= 0.3 is 11.9 Å². The summed E-state index contributed by atoms with van der Waals surface area (Å²) < 4.78 is 0. The van der Waals surface area contributed by atoms with Crippen LogP contribution in [0.1, 0.15) is 44.2 Å². The maximum atomic E-state index is 13.6. The monoisotopic (exact) mass is 586 g/mol. The van der Waals surface area contributed by atoms with Crippen LogP contribution in [-0.4, -0.2) is 74.3 Å². The first-order valence-corrected chi connectivity index (χ1v) is 13.5. The number of nitrogens with one attached hydrogen (secondary N) is 3. The second-order valence-corrected chi connectivity index (χ2v) is 10.1. The predicted molar refractivity (Wildman–Crippen MR) is 151 cm³/mol. The first-order chi connectivity index (χ1) is 19.8. The lowest BCUT2D eigenvalue weighted by atomic mass is 9.98. The van der Waals surface area contributed by atoms with Crippen LogP contribution >= 0.6 is 0 Å². The lowest BCUT2D eigenvalue weighted by molar-refractivity contribution is -0.143. The van der Waals surface area contributed by atoms with Crippen LogP contribution in [-0.2, 0) is 36.8 Å². The number of carbonyl (C=O) groups excluding carboxylic acids is 3. The number of amides is 3. The van der Waals surface area contributed by atoms with Gasteiger partial charge in [0.05, 0.1) is 6.04 Å². The molecule has 0 radical (unpaired) electrons. The van der Waals surface area contributed by atoms with Gasteiger partial charge in [0.2, 0.25) is 17.7 Å². The SMILES string of the molecule is CCC(C)C(N)C(=O)NC(Cc1ccc(O)cc1)C(=O)NC(Cc1ccc(O)cc1)C(=O)NC(CCC(=O)O)C(=O)O. The largest absolute Gasteiger partial charge is 0.508 e. The van der Waals surface area contributed by atoms with Gasteiger partial charge in [-0.15, -0.1) is 0 Å². The zero-order valence-electron chi connectivity index (χ0n) is 23.4. The molecule has 42 heavy (non-hydrogen) atoms. The topological polar surface area (TPSA) is 228 Å². The van der Waals surface area contributed by atoms with E-state index in [0.717, 1.165) is 0 Å². The lowest BCUT2D eigenvalue weighted by Gasteiger charge is -2.26. The maximum Gasteiger partial charge on any atom is 0.326 e. The van der Waals surface area contributed by atoms with Gasteiger partial charge < -0.3 is 42.1 Å². The summed E-state index contributed by atoms with van der Waals surface area (Å²) in [5.41, 5.74) is 7.18. The van der Waals surface area contributed by atoms with E-state index in [0.29, 0.717) is 17.5 Å². The van der Waals surface area contributed by atoms with Crippen molar-refractivity contribution in [3.63, 3.8) is 0 Å². The summed E-state index contributed by atoms with van der Waals surface area (Å²) in [6.07, 6.45) is -0.415. The molecule has 3 amide bonds. The third-order valence-electron chi connectivity index (χ3n) is 6.84. The van der Waals surface area contributed by atoms with Gasteiger partial charge in [-0.1, -0.05) is 44.5 Å². The summed E-state index contributed by atoms with van der Waals surface area (Å²) in [5, 5.41) is 45.2. The number of nitrogens with two attached hydrogens (primary N) is 1. The van der Waals surface area contributed by atoms with Gasteiger partial charge in [-0.05, 0) is 47.7 Å². The Bertz CT molecular complexity index is 1230. The van der Waals surface area contributed by atoms with Crippen molar-refractivity contribution in [3.05, 3.63) is 59.7 Å². The Labute approximate surface area is 243 Å². The van der Waals surface area contributed by atoms with Crippen LogP contribution in [0, 0.1) is 5.92 Å². The molecule has 0 saturated heterocycles. The smallest absolute Gasteiger partial charge is 0.326 e. The number of aromatic hydroxyl groups is 2. The van der Waals surface area contributed by atoms with Gasteiger partial charge in [0, 0.05) is 19.3 Å². The molecule has 13 heteroatoms. The van der Waals surface area contributed by atoms with Crippen molar-refractivity contribution in [2.24, 2.45) is 11.7 Å². The van der Waals surface area contributed by atoms with Gasteiger partial charge in [0.15, 0.2) is 0 Å². The predicted octanol–water partition coefficient (Wildman–Crippen LogP) is 0.660. The summed E-state index contributed by atoms with van der Waals surface area (Å²) >= 11 is 0. The van der Waals surface area contributed by atoms with E-state index in [2.05, 4.69) is 16.0 Å². The van der Waals surface area contributed by atoms with Crippen molar-refractivity contribution in [2.45, 2.75) is 70.1 Å². The van der Waals surface area contributed by atoms with Crippen LogP contribution in [0.4, 0.5) is 0 Å². The number of hydrogen-bond acceptors (Lipinski definition) is 8. The van der Waals surface area contributed by atoms with Crippen molar-refractivity contribution >= 4 is 29.7 Å². The molecule has 228 valence electrons. The van der Waals surface area contributed by atoms with Crippen LogP contribution in [0.15, 0.2) is 48.5 Å². The molecular weight excluding hydrogens is 548 g/mol. The zero-order chi connectivity index (χ0) is 31.4. The van der Waals surface area contributed by atoms with Gasteiger partial charge in [-0.2, -0.15) is 0 Å². The van der Waals surface area contributed by atoms with Crippen molar-refractivity contribution in [2.75, 3.05) is 0 Å². The molecule has 2 aromatic rings. The first-order valence-electron chi connectivity index (χ1n) is 13.5. The fourth-order valence-electron chi connectivity index (χ4n) is 4.00. The molecule has 0 fully saturated rings. The van der Waals surface area contributed by atoms with E-state index in [9.17, 15) is 39.3 Å². The van der Waals surface area contributed by atoms with E-state index >= 15 is 0 Å². The summed E-state index contributed by atoms with van der Waals surface area (Å²) in [6, 6.07) is 6.78. The Kier molecular flexibility index (Phi) is 12.8. The van der Waals surface area contributed by atoms with E-state index in [1.165, 1.54) is 36.4 Å². The lowest BCUT2D eigenvalue weighted by Crippen LogP contribution is -2.58. The van der Waals surface area contributed by atoms with Crippen LogP contribution in [0.5, 0.6) is 11.5 Å². The number of carbonyl (C=O) groups is 5. The van der Waals surface area contributed by atoms with Gasteiger partial charge in [-0.3, -0.25) is 19.2 Å². The molecule has 0 aliphatic carbocycles. The molecular formula is C29H38N4O9. The highest BCUT2D eigenvalue weighted by molar-refractivity contribution is 5.94. The minimum absolute atomic E-state index is 0.00379. The Balaban J connectivity index is 2.35.